The van der Waals surface area contributed by atoms with E-state index >= 15 is 0 Å². The van der Waals surface area contributed by atoms with Crippen molar-refractivity contribution in [1.82, 2.24) is 14.7 Å². The van der Waals surface area contributed by atoms with Crippen molar-refractivity contribution in [3.05, 3.63) is 18.0 Å². The standard InChI is InChI=1S/C12H19N3O2/c1-12(11(16)17)5-3-7-15(9-12)8-10-4-6-13-14(10)2/h4,6H,3,5,7-9H2,1-2H3,(H,16,17). The van der Waals surface area contributed by atoms with Crippen LogP contribution in [-0.2, 0) is 18.4 Å². The lowest BCUT2D eigenvalue weighted by Gasteiger charge is -2.37. The van der Waals surface area contributed by atoms with E-state index in [1.807, 2.05) is 24.7 Å². The Morgan fingerprint density at radius 3 is 3.00 bits per heavy atom. The number of hydrogen-bond acceptors (Lipinski definition) is 3. The molecule has 2 rings (SSSR count). The second-order valence-electron chi connectivity index (χ2n) is 5.13. The number of nitrogens with zero attached hydrogens (tertiary/aromatic N) is 3. The fourth-order valence-electron chi connectivity index (χ4n) is 2.44. The highest BCUT2D eigenvalue weighted by Crippen LogP contribution is 2.30. The van der Waals surface area contributed by atoms with E-state index in [2.05, 4.69) is 10.00 Å². The number of carboxylic acids is 1. The quantitative estimate of drug-likeness (QED) is 0.855. The van der Waals surface area contributed by atoms with E-state index in [1.165, 1.54) is 0 Å². The van der Waals surface area contributed by atoms with Crippen molar-refractivity contribution in [1.29, 1.82) is 0 Å². The van der Waals surface area contributed by atoms with Crippen molar-refractivity contribution in [2.75, 3.05) is 13.1 Å². The number of aromatic nitrogens is 2. The molecule has 1 N–H and O–H groups in total. The summed E-state index contributed by atoms with van der Waals surface area (Å²) in [6.07, 6.45) is 3.49. The van der Waals surface area contributed by atoms with Gasteiger partial charge in [0, 0.05) is 26.3 Å². The predicted octanol–water partition coefficient (Wildman–Crippen LogP) is 1.11. The topological polar surface area (TPSA) is 58.4 Å². The van der Waals surface area contributed by atoms with Crippen molar-refractivity contribution in [3.8, 4) is 0 Å². The summed E-state index contributed by atoms with van der Waals surface area (Å²) in [6.45, 7) is 4.20. The highest BCUT2D eigenvalue weighted by Gasteiger charge is 2.37. The Balaban J connectivity index is 2.03. The molecule has 1 unspecified atom stereocenters. The number of likely N-dealkylation sites (tertiary alicyclic amines) is 1. The Morgan fingerprint density at radius 2 is 2.41 bits per heavy atom. The third-order valence-electron chi connectivity index (χ3n) is 3.60. The van der Waals surface area contributed by atoms with Crippen molar-refractivity contribution in [3.63, 3.8) is 0 Å². The first-order valence-corrected chi connectivity index (χ1v) is 5.94. The minimum atomic E-state index is -0.688. The van der Waals surface area contributed by atoms with Crippen molar-refractivity contribution >= 4 is 5.97 Å². The highest BCUT2D eigenvalue weighted by molar-refractivity contribution is 5.74. The molecule has 1 fully saturated rings. The van der Waals surface area contributed by atoms with Crippen LogP contribution < -0.4 is 0 Å². The molecule has 1 aliphatic rings. The minimum absolute atomic E-state index is 0.600. The minimum Gasteiger partial charge on any atom is -0.481 e. The Bertz CT molecular complexity index is 416. The first kappa shape index (κ1) is 12.1. The van der Waals surface area contributed by atoms with Crippen LogP contribution in [0.4, 0.5) is 0 Å². The summed E-state index contributed by atoms with van der Waals surface area (Å²) in [5.41, 5.74) is 0.524. The molecule has 1 aromatic heterocycles. The molecular formula is C12H19N3O2. The highest BCUT2D eigenvalue weighted by atomic mass is 16.4. The monoisotopic (exact) mass is 237 g/mol. The summed E-state index contributed by atoms with van der Waals surface area (Å²) in [6, 6.07) is 1.98. The van der Waals surface area contributed by atoms with Crippen molar-refractivity contribution in [2.45, 2.75) is 26.3 Å². The number of carboxylic acid groups (broad SMARTS) is 1. The van der Waals surface area contributed by atoms with Gasteiger partial charge in [0.15, 0.2) is 0 Å². The molecule has 1 aliphatic heterocycles. The molecule has 5 heteroatoms. The fourth-order valence-corrected chi connectivity index (χ4v) is 2.44. The lowest BCUT2D eigenvalue weighted by atomic mass is 9.82. The number of hydrogen-bond donors (Lipinski definition) is 1. The van der Waals surface area contributed by atoms with Gasteiger partial charge < -0.3 is 5.11 Å². The maximum Gasteiger partial charge on any atom is 0.310 e. The zero-order valence-corrected chi connectivity index (χ0v) is 10.4. The number of carbonyl (C=O) groups is 1. The van der Waals surface area contributed by atoms with E-state index in [0.29, 0.717) is 6.54 Å². The molecule has 17 heavy (non-hydrogen) atoms. The number of aryl methyl sites for hydroxylation is 1. The molecule has 1 aromatic rings. The molecule has 0 spiro atoms. The molecule has 1 saturated heterocycles. The normalized spacial score (nSPS) is 26.0. The Labute approximate surface area is 101 Å². The van der Waals surface area contributed by atoms with Crippen LogP contribution in [0.1, 0.15) is 25.5 Å². The first-order valence-electron chi connectivity index (χ1n) is 5.94. The van der Waals surface area contributed by atoms with Crippen LogP contribution in [0.25, 0.3) is 0 Å². The predicted molar refractivity (Wildman–Crippen MR) is 63.5 cm³/mol. The average molecular weight is 237 g/mol. The smallest absolute Gasteiger partial charge is 0.310 e. The second kappa shape index (κ2) is 4.49. The van der Waals surface area contributed by atoms with E-state index in [1.54, 1.807) is 6.20 Å². The summed E-state index contributed by atoms with van der Waals surface area (Å²) >= 11 is 0. The van der Waals surface area contributed by atoms with Gasteiger partial charge >= 0.3 is 5.97 Å². The summed E-state index contributed by atoms with van der Waals surface area (Å²) in [7, 11) is 1.91. The molecule has 5 nitrogen and oxygen atoms in total. The second-order valence-corrected chi connectivity index (χ2v) is 5.13. The van der Waals surface area contributed by atoms with Gasteiger partial charge in [-0.05, 0) is 32.4 Å². The zero-order chi connectivity index (χ0) is 12.5. The van der Waals surface area contributed by atoms with Crippen LogP contribution in [0.5, 0.6) is 0 Å². The van der Waals surface area contributed by atoms with Gasteiger partial charge in [0.25, 0.3) is 0 Å². The van der Waals surface area contributed by atoms with Crippen molar-refractivity contribution < 1.29 is 9.90 Å². The molecule has 0 amide bonds. The third-order valence-corrected chi connectivity index (χ3v) is 3.60. The van der Waals surface area contributed by atoms with Gasteiger partial charge in [-0.2, -0.15) is 5.10 Å². The van der Waals surface area contributed by atoms with Gasteiger partial charge in [0.05, 0.1) is 11.1 Å². The van der Waals surface area contributed by atoms with Gasteiger partial charge in [0.1, 0.15) is 0 Å². The van der Waals surface area contributed by atoms with Crippen LogP contribution in [0, 0.1) is 5.41 Å². The summed E-state index contributed by atoms with van der Waals surface area (Å²) in [5.74, 6) is -0.688. The molecular weight excluding hydrogens is 218 g/mol. The maximum absolute atomic E-state index is 11.2. The van der Waals surface area contributed by atoms with Gasteiger partial charge in [-0.15, -0.1) is 0 Å². The van der Waals surface area contributed by atoms with E-state index in [0.717, 1.165) is 31.6 Å². The van der Waals surface area contributed by atoms with Crippen LogP contribution in [-0.4, -0.2) is 38.8 Å². The first-order chi connectivity index (χ1) is 8.01. The van der Waals surface area contributed by atoms with E-state index in [4.69, 9.17) is 0 Å². The van der Waals surface area contributed by atoms with E-state index in [-0.39, 0.29) is 0 Å². The lowest BCUT2D eigenvalue weighted by Crippen LogP contribution is -2.45. The summed E-state index contributed by atoms with van der Waals surface area (Å²) < 4.78 is 1.84. The lowest BCUT2D eigenvalue weighted by molar-refractivity contribution is -0.151. The van der Waals surface area contributed by atoms with Crippen LogP contribution in [0.2, 0.25) is 0 Å². The Morgan fingerprint density at radius 1 is 1.65 bits per heavy atom. The van der Waals surface area contributed by atoms with E-state index in [9.17, 15) is 9.90 Å². The van der Waals surface area contributed by atoms with Crippen LogP contribution in [0.15, 0.2) is 12.3 Å². The Kier molecular flexibility index (Phi) is 3.19. The number of aliphatic carboxylic acids is 1. The van der Waals surface area contributed by atoms with Gasteiger partial charge in [0.2, 0.25) is 0 Å². The van der Waals surface area contributed by atoms with Gasteiger partial charge in [-0.1, -0.05) is 0 Å². The van der Waals surface area contributed by atoms with Gasteiger partial charge in [-0.3, -0.25) is 14.4 Å². The summed E-state index contributed by atoms with van der Waals surface area (Å²) in [5, 5.41) is 13.4. The average Bonchev–Trinajstić information content (AvgIpc) is 2.64. The Hall–Kier alpha value is -1.36. The molecule has 94 valence electrons. The van der Waals surface area contributed by atoms with E-state index < -0.39 is 11.4 Å². The SMILES string of the molecule is Cn1nccc1CN1CCCC(C)(C(=O)O)C1. The molecule has 0 bridgehead atoms. The molecule has 0 aromatic carbocycles. The zero-order valence-electron chi connectivity index (χ0n) is 10.4. The third kappa shape index (κ3) is 2.49. The molecule has 0 saturated carbocycles. The molecule has 1 atom stereocenters. The van der Waals surface area contributed by atoms with Crippen LogP contribution >= 0.6 is 0 Å². The van der Waals surface area contributed by atoms with Crippen LogP contribution in [0.3, 0.4) is 0 Å². The van der Waals surface area contributed by atoms with Gasteiger partial charge in [-0.25, -0.2) is 0 Å². The number of piperidine rings is 1. The summed E-state index contributed by atoms with van der Waals surface area (Å²) in [4.78, 5) is 13.4. The number of rotatable bonds is 3. The maximum atomic E-state index is 11.2. The molecule has 0 aliphatic carbocycles. The fraction of sp³-hybridized carbons (Fsp3) is 0.667. The largest absolute Gasteiger partial charge is 0.481 e. The van der Waals surface area contributed by atoms with Crippen molar-refractivity contribution in [2.24, 2.45) is 12.5 Å². The molecule has 2 heterocycles. The molecule has 0 radical (unpaired) electrons.